The smallest absolute Gasteiger partial charge is 0.387 e. The summed E-state index contributed by atoms with van der Waals surface area (Å²) in [5.74, 6) is -1.73. The highest BCUT2D eigenvalue weighted by molar-refractivity contribution is 5.86. The van der Waals surface area contributed by atoms with Crippen molar-refractivity contribution in [2.75, 3.05) is 7.11 Å². The lowest BCUT2D eigenvalue weighted by Crippen LogP contribution is -2.22. The summed E-state index contributed by atoms with van der Waals surface area (Å²) in [5.41, 5.74) is -0.173. The van der Waals surface area contributed by atoms with Crippen LogP contribution in [0.1, 0.15) is 10.4 Å². The fraction of sp³-hybridized carbons (Fsp3) is 0.222. The predicted octanol–water partition coefficient (Wildman–Crippen LogP) is 0.660. The quantitative estimate of drug-likeness (QED) is 0.743. The Hall–Kier alpha value is -1.85. The van der Waals surface area contributed by atoms with Gasteiger partial charge in [-0.05, 0) is 18.2 Å². The molecule has 15 heavy (non-hydrogen) atoms. The van der Waals surface area contributed by atoms with Gasteiger partial charge in [-0.2, -0.15) is 8.78 Å². The van der Waals surface area contributed by atoms with Crippen LogP contribution < -0.4 is 14.6 Å². The van der Waals surface area contributed by atoms with Crippen LogP contribution in [0.5, 0.6) is 11.5 Å². The Labute approximate surface area is 84.0 Å². The molecule has 0 aliphatic heterocycles. The van der Waals surface area contributed by atoms with E-state index in [1.165, 1.54) is 7.11 Å². The van der Waals surface area contributed by atoms with Gasteiger partial charge in [-0.1, -0.05) is 0 Å². The summed E-state index contributed by atoms with van der Waals surface area (Å²) in [6, 6.07) is 3.22. The molecule has 4 nitrogen and oxygen atoms in total. The molecule has 1 aromatic rings. The Morgan fingerprint density at radius 2 is 2.07 bits per heavy atom. The first-order valence-electron chi connectivity index (χ1n) is 3.88. The minimum Gasteiger partial charge on any atom is -0.545 e. The molecule has 0 spiro atoms. The van der Waals surface area contributed by atoms with Gasteiger partial charge in [-0.15, -0.1) is 0 Å². The van der Waals surface area contributed by atoms with Gasteiger partial charge in [0, 0.05) is 5.56 Å². The number of halogens is 2. The van der Waals surface area contributed by atoms with Gasteiger partial charge in [0.25, 0.3) is 0 Å². The third-order valence-electron chi connectivity index (χ3n) is 1.62. The monoisotopic (exact) mass is 217 g/mol. The standard InChI is InChI=1S/C9H8F2O4/c1-14-7-4-5(8(12)13)2-3-6(7)15-9(10)11/h2-4,9H,1H3,(H,12,13)/p-1. The third-order valence-corrected chi connectivity index (χ3v) is 1.62. The van der Waals surface area contributed by atoms with E-state index in [0.717, 1.165) is 18.2 Å². The maximum absolute atomic E-state index is 11.9. The Kier molecular flexibility index (Phi) is 3.43. The number of carboxylic acid groups (broad SMARTS) is 1. The molecule has 6 heteroatoms. The largest absolute Gasteiger partial charge is 0.545 e. The Bertz CT molecular complexity index is 365. The van der Waals surface area contributed by atoms with E-state index in [1.54, 1.807) is 0 Å². The summed E-state index contributed by atoms with van der Waals surface area (Å²) in [5, 5.41) is 10.4. The molecule has 0 aliphatic rings. The Morgan fingerprint density at radius 1 is 1.40 bits per heavy atom. The molecule has 0 saturated heterocycles. The van der Waals surface area contributed by atoms with E-state index in [0.29, 0.717) is 0 Å². The van der Waals surface area contributed by atoms with Gasteiger partial charge in [-0.3, -0.25) is 0 Å². The second-order valence-electron chi connectivity index (χ2n) is 2.53. The molecule has 0 N–H and O–H groups in total. The molecule has 0 fully saturated rings. The van der Waals surface area contributed by atoms with E-state index in [1.807, 2.05) is 0 Å². The predicted molar refractivity (Wildman–Crippen MR) is 44.0 cm³/mol. The number of rotatable bonds is 4. The fourth-order valence-electron chi connectivity index (χ4n) is 0.988. The number of hydrogen-bond donors (Lipinski definition) is 0. The minimum absolute atomic E-state index is 0.0861. The molecule has 0 saturated carbocycles. The van der Waals surface area contributed by atoms with Gasteiger partial charge in [-0.25, -0.2) is 0 Å². The van der Waals surface area contributed by atoms with Crippen LogP contribution in [-0.2, 0) is 0 Å². The molecule has 0 unspecified atom stereocenters. The molecular formula is C9H7F2O4-. The zero-order valence-corrected chi connectivity index (χ0v) is 7.70. The van der Waals surface area contributed by atoms with Gasteiger partial charge in [0.05, 0.1) is 13.1 Å². The molecule has 0 amide bonds. The number of methoxy groups -OCH3 is 1. The van der Waals surface area contributed by atoms with Crippen LogP contribution in [0.15, 0.2) is 18.2 Å². The first-order valence-corrected chi connectivity index (χ1v) is 3.88. The summed E-state index contributed by atoms with van der Waals surface area (Å²) in [6.07, 6.45) is 0. The number of carbonyl (C=O) groups excluding carboxylic acids is 1. The zero-order chi connectivity index (χ0) is 11.4. The lowest BCUT2D eigenvalue weighted by Gasteiger charge is -2.11. The van der Waals surface area contributed by atoms with E-state index in [2.05, 4.69) is 9.47 Å². The second kappa shape index (κ2) is 4.59. The van der Waals surface area contributed by atoms with Crippen LogP contribution in [0.4, 0.5) is 8.78 Å². The molecule has 0 aromatic heterocycles. The Morgan fingerprint density at radius 3 is 2.53 bits per heavy atom. The SMILES string of the molecule is COc1cc(C(=O)[O-])ccc1OC(F)F. The fourth-order valence-corrected chi connectivity index (χ4v) is 0.988. The molecule has 0 bridgehead atoms. The summed E-state index contributed by atoms with van der Waals surface area (Å²) < 4.78 is 32.6. The van der Waals surface area contributed by atoms with Crippen molar-refractivity contribution in [1.82, 2.24) is 0 Å². The van der Waals surface area contributed by atoms with Gasteiger partial charge in [0.1, 0.15) is 0 Å². The third kappa shape index (κ3) is 2.80. The van der Waals surface area contributed by atoms with Crippen molar-refractivity contribution < 1.29 is 28.2 Å². The van der Waals surface area contributed by atoms with Gasteiger partial charge in [0.2, 0.25) is 0 Å². The highest BCUT2D eigenvalue weighted by atomic mass is 19.3. The lowest BCUT2D eigenvalue weighted by molar-refractivity contribution is -0.255. The van der Waals surface area contributed by atoms with Crippen molar-refractivity contribution in [3.63, 3.8) is 0 Å². The highest BCUT2D eigenvalue weighted by Gasteiger charge is 2.10. The van der Waals surface area contributed by atoms with E-state index in [9.17, 15) is 18.7 Å². The molecular weight excluding hydrogens is 210 g/mol. The summed E-state index contributed by atoms with van der Waals surface area (Å²) >= 11 is 0. The van der Waals surface area contributed by atoms with Crippen LogP contribution in [0.25, 0.3) is 0 Å². The average molecular weight is 217 g/mol. The zero-order valence-electron chi connectivity index (χ0n) is 7.70. The number of carbonyl (C=O) groups is 1. The average Bonchev–Trinajstić information content (AvgIpc) is 2.17. The van der Waals surface area contributed by atoms with E-state index in [-0.39, 0.29) is 17.1 Å². The number of ether oxygens (including phenoxy) is 2. The number of aromatic carboxylic acids is 1. The number of benzene rings is 1. The van der Waals surface area contributed by atoms with Crippen molar-refractivity contribution in [2.45, 2.75) is 6.61 Å². The van der Waals surface area contributed by atoms with Crippen molar-refractivity contribution in [1.29, 1.82) is 0 Å². The van der Waals surface area contributed by atoms with Crippen LogP contribution in [0, 0.1) is 0 Å². The van der Waals surface area contributed by atoms with Crippen molar-refractivity contribution in [2.24, 2.45) is 0 Å². The van der Waals surface area contributed by atoms with Crippen molar-refractivity contribution in [3.05, 3.63) is 23.8 Å². The Balaban J connectivity index is 3.03. The van der Waals surface area contributed by atoms with Crippen LogP contribution in [0.3, 0.4) is 0 Å². The van der Waals surface area contributed by atoms with Crippen LogP contribution in [0.2, 0.25) is 0 Å². The second-order valence-corrected chi connectivity index (χ2v) is 2.53. The maximum Gasteiger partial charge on any atom is 0.387 e. The molecule has 0 aliphatic carbocycles. The summed E-state index contributed by atoms with van der Waals surface area (Å²) in [6.45, 7) is -2.99. The van der Waals surface area contributed by atoms with Gasteiger partial charge in [0.15, 0.2) is 11.5 Å². The van der Waals surface area contributed by atoms with Gasteiger partial charge >= 0.3 is 6.61 Å². The van der Waals surface area contributed by atoms with E-state index < -0.39 is 12.6 Å². The first-order chi connectivity index (χ1) is 7.04. The first kappa shape index (κ1) is 11.2. The topological polar surface area (TPSA) is 58.6 Å². The maximum atomic E-state index is 11.9. The minimum atomic E-state index is -2.99. The van der Waals surface area contributed by atoms with Crippen LogP contribution >= 0.6 is 0 Å². The van der Waals surface area contributed by atoms with Gasteiger partial charge < -0.3 is 19.4 Å². The van der Waals surface area contributed by atoms with E-state index in [4.69, 9.17) is 0 Å². The lowest BCUT2D eigenvalue weighted by atomic mass is 10.2. The van der Waals surface area contributed by atoms with Crippen molar-refractivity contribution in [3.8, 4) is 11.5 Å². The molecule has 0 atom stereocenters. The molecule has 0 heterocycles. The normalized spacial score (nSPS) is 10.1. The number of hydrogen-bond acceptors (Lipinski definition) is 4. The van der Waals surface area contributed by atoms with Crippen molar-refractivity contribution >= 4 is 5.97 Å². The number of alkyl halides is 2. The number of carboxylic acids is 1. The van der Waals surface area contributed by atoms with E-state index >= 15 is 0 Å². The van der Waals surface area contributed by atoms with Crippen LogP contribution in [-0.4, -0.2) is 19.7 Å². The summed E-state index contributed by atoms with van der Waals surface area (Å²) in [7, 11) is 1.22. The highest BCUT2D eigenvalue weighted by Crippen LogP contribution is 2.29. The molecule has 1 rings (SSSR count). The summed E-state index contributed by atoms with van der Waals surface area (Å²) in [4.78, 5) is 10.4. The molecule has 82 valence electrons. The molecule has 0 radical (unpaired) electrons. The molecule has 1 aromatic carbocycles.